The number of Topliss-reactive ketones (excluding diaryl/α,β-unsaturated/α-hetero) is 2. The van der Waals surface area contributed by atoms with E-state index in [1.807, 2.05) is 20.8 Å². The first kappa shape index (κ1) is 38.6. The van der Waals surface area contributed by atoms with Gasteiger partial charge in [0.2, 0.25) is 6.29 Å². The van der Waals surface area contributed by atoms with E-state index in [9.17, 15) is 50.1 Å². The van der Waals surface area contributed by atoms with Gasteiger partial charge in [-0.1, -0.05) is 13.8 Å². The molecule has 1 aromatic carbocycles. The molecule has 1 aromatic rings. The highest BCUT2D eigenvalue weighted by atomic mass is 16.7. The molecule has 1 aliphatic heterocycles. The molecule has 1 saturated heterocycles. The van der Waals surface area contributed by atoms with Crippen LogP contribution in [0.2, 0.25) is 0 Å². The minimum absolute atomic E-state index is 0.0527. The summed E-state index contributed by atoms with van der Waals surface area (Å²) in [4.78, 5) is 39.9. The molecule has 1 heterocycles. The number of carbonyl (C=O) groups is 3. The molecule has 0 unspecified atom stereocenters. The molecule has 0 spiro atoms. The third-order valence-electron chi connectivity index (χ3n) is 13.1. The zero-order valence-electron chi connectivity index (χ0n) is 30.2. The average Bonchev–Trinajstić information content (AvgIpc) is 3.22. The Balaban J connectivity index is 1.49. The minimum atomic E-state index is -1.99. The number of phenols is 1. The van der Waals surface area contributed by atoms with Crippen molar-refractivity contribution in [2.24, 2.45) is 22.7 Å². The summed E-state index contributed by atoms with van der Waals surface area (Å²) in [6.45, 7) is 12.8. The molecular formula is C37H54O13. The van der Waals surface area contributed by atoms with Gasteiger partial charge in [0.1, 0.15) is 41.4 Å². The smallest absolute Gasteiger partial charge is 0.303 e. The van der Waals surface area contributed by atoms with E-state index in [0.29, 0.717) is 24.0 Å². The average molecular weight is 707 g/mol. The van der Waals surface area contributed by atoms with Gasteiger partial charge in [-0.25, -0.2) is 0 Å². The molecule has 0 radical (unpaired) electrons. The quantitative estimate of drug-likeness (QED) is 0.181. The molecule has 280 valence electrons. The number of hydrogen-bond acceptors (Lipinski definition) is 13. The van der Waals surface area contributed by atoms with Crippen LogP contribution >= 0.6 is 0 Å². The predicted molar refractivity (Wildman–Crippen MR) is 177 cm³/mol. The van der Waals surface area contributed by atoms with Gasteiger partial charge >= 0.3 is 5.97 Å². The number of rotatable bonds is 9. The number of aliphatic hydroxyl groups excluding tert-OH is 5. The lowest BCUT2D eigenvalue weighted by Crippen LogP contribution is -2.63. The number of fused-ring (bicyclic) bond motifs is 5. The van der Waals surface area contributed by atoms with Crippen LogP contribution in [0.3, 0.4) is 0 Å². The number of aromatic hydroxyl groups is 1. The number of ether oxygens (including phenoxy) is 3. The summed E-state index contributed by atoms with van der Waals surface area (Å²) in [5.41, 5.74) is -3.97. The molecule has 0 amide bonds. The number of phenolic OH excluding ortho intramolecular Hbond substituents is 1. The SMILES string of the molecule is CC(=O)OC(C)(C)CCC(=O)[C@](C)(O)[C@H]1[C@H](O)C[C@@]2(C)[C@@H]3CCc4c(cc(O[C@H]5O[C@@H](CO)[C@H](O)[C@H](O)[C@@H]5O)c(O)c4C)[C@]3(C)C(=O)C[C@]12C. The molecule has 13 nitrogen and oxygen atoms in total. The van der Waals surface area contributed by atoms with Gasteiger partial charge in [0.05, 0.1) is 18.1 Å². The second-order valence-corrected chi connectivity index (χ2v) is 16.6. The van der Waals surface area contributed by atoms with E-state index in [-0.39, 0.29) is 48.9 Å². The Morgan fingerprint density at radius 3 is 2.28 bits per heavy atom. The standard InChI is InChI=1S/C37H54O13/c1-17-19-9-10-24-34(5)14-21(40)31(37(8,47)25(41)11-12-33(3,4)50-18(2)39)35(34,6)15-26(42)36(24,7)20(19)13-22(27(17)43)48-32-30(46)29(45)28(44)23(16-38)49-32/h13,21,23-24,28-32,38,40,43-47H,9-12,14-16H2,1-8H3/t21-,23+,24+,28+,29+,30+,31+,32+,34+,35-,36+,37+/m1/s1. The number of hydrogen-bond donors (Lipinski definition) is 7. The lowest BCUT2D eigenvalue weighted by molar-refractivity contribution is -0.277. The topological polar surface area (TPSA) is 221 Å². The van der Waals surface area contributed by atoms with Crippen LogP contribution in [0.25, 0.3) is 0 Å². The molecule has 7 N–H and O–H groups in total. The van der Waals surface area contributed by atoms with Gasteiger partial charge in [0, 0.05) is 25.7 Å². The fraction of sp³-hybridized carbons (Fsp3) is 0.757. The maximum absolute atomic E-state index is 14.7. The van der Waals surface area contributed by atoms with Gasteiger partial charge in [-0.05, 0) is 99.8 Å². The monoisotopic (exact) mass is 706 g/mol. The van der Waals surface area contributed by atoms with Crippen LogP contribution in [0.1, 0.15) is 97.3 Å². The zero-order chi connectivity index (χ0) is 37.5. The van der Waals surface area contributed by atoms with E-state index in [0.717, 1.165) is 5.56 Å². The van der Waals surface area contributed by atoms with Gasteiger partial charge in [-0.2, -0.15) is 0 Å². The van der Waals surface area contributed by atoms with E-state index >= 15 is 0 Å². The van der Waals surface area contributed by atoms with E-state index in [1.165, 1.54) is 13.8 Å². The first-order valence-electron chi connectivity index (χ1n) is 17.5. The van der Waals surface area contributed by atoms with Crippen molar-refractivity contribution >= 4 is 17.5 Å². The van der Waals surface area contributed by atoms with Crippen LogP contribution < -0.4 is 4.74 Å². The largest absolute Gasteiger partial charge is 0.504 e. The highest BCUT2D eigenvalue weighted by Crippen LogP contribution is 2.72. The van der Waals surface area contributed by atoms with Crippen LogP contribution in [0, 0.1) is 29.6 Å². The highest BCUT2D eigenvalue weighted by Gasteiger charge is 2.73. The molecule has 5 rings (SSSR count). The van der Waals surface area contributed by atoms with Crippen molar-refractivity contribution in [3.05, 3.63) is 22.8 Å². The Bertz CT molecular complexity index is 1540. The molecule has 13 heteroatoms. The van der Waals surface area contributed by atoms with Crippen LogP contribution in [-0.2, 0) is 35.7 Å². The van der Waals surface area contributed by atoms with Gasteiger partial charge in [-0.3, -0.25) is 14.4 Å². The fourth-order valence-corrected chi connectivity index (χ4v) is 10.3. The van der Waals surface area contributed by atoms with Crippen LogP contribution in [0.5, 0.6) is 11.5 Å². The summed E-state index contributed by atoms with van der Waals surface area (Å²) in [7, 11) is 0. The molecule has 4 aliphatic rings. The maximum Gasteiger partial charge on any atom is 0.303 e. The predicted octanol–water partition coefficient (Wildman–Crippen LogP) is 1.51. The van der Waals surface area contributed by atoms with E-state index in [2.05, 4.69) is 0 Å². The van der Waals surface area contributed by atoms with Crippen molar-refractivity contribution in [1.82, 2.24) is 0 Å². The van der Waals surface area contributed by atoms with Crippen LogP contribution in [-0.4, -0.2) is 108 Å². The third-order valence-corrected chi connectivity index (χ3v) is 13.1. The maximum atomic E-state index is 14.7. The van der Waals surface area contributed by atoms with E-state index in [4.69, 9.17) is 14.2 Å². The fourth-order valence-electron chi connectivity index (χ4n) is 10.3. The Kier molecular flexibility index (Phi) is 9.86. The summed E-state index contributed by atoms with van der Waals surface area (Å²) in [5.74, 6) is -2.84. The van der Waals surface area contributed by atoms with Gasteiger partial charge in [0.25, 0.3) is 0 Å². The number of benzene rings is 1. The molecule has 12 atom stereocenters. The Labute approximate surface area is 292 Å². The molecule has 50 heavy (non-hydrogen) atoms. The summed E-state index contributed by atoms with van der Waals surface area (Å²) in [6, 6.07) is 1.54. The first-order valence-corrected chi connectivity index (χ1v) is 17.5. The number of ketones is 2. The molecule has 3 aliphatic carbocycles. The van der Waals surface area contributed by atoms with Crippen molar-refractivity contribution in [2.75, 3.05) is 6.61 Å². The summed E-state index contributed by atoms with van der Waals surface area (Å²) < 4.78 is 16.8. The number of carbonyl (C=O) groups excluding carboxylic acids is 3. The normalized spacial score (nSPS) is 39.5. The first-order chi connectivity index (χ1) is 23.0. The lowest BCUT2D eigenvalue weighted by Gasteiger charge is -2.61. The third kappa shape index (κ3) is 5.77. The van der Waals surface area contributed by atoms with Gasteiger partial charge in [0.15, 0.2) is 17.3 Å². The van der Waals surface area contributed by atoms with Crippen molar-refractivity contribution in [3.8, 4) is 11.5 Å². The molecule has 0 bridgehead atoms. The number of esters is 1. The van der Waals surface area contributed by atoms with Crippen LogP contribution in [0.4, 0.5) is 0 Å². The minimum Gasteiger partial charge on any atom is -0.504 e. The Morgan fingerprint density at radius 1 is 1.04 bits per heavy atom. The van der Waals surface area contributed by atoms with Crippen molar-refractivity contribution in [2.45, 2.75) is 147 Å². The second-order valence-electron chi connectivity index (χ2n) is 16.6. The zero-order valence-corrected chi connectivity index (χ0v) is 30.2. The van der Waals surface area contributed by atoms with Crippen molar-refractivity contribution in [1.29, 1.82) is 0 Å². The van der Waals surface area contributed by atoms with E-state index in [1.54, 1.807) is 26.8 Å². The summed E-state index contributed by atoms with van der Waals surface area (Å²) >= 11 is 0. The Hall–Kier alpha value is -2.65. The Morgan fingerprint density at radius 2 is 1.68 bits per heavy atom. The second kappa shape index (κ2) is 12.8. The van der Waals surface area contributed by atoms with Crippen LogP contribution in [0.15, 0.2) is 6.07 Å². The van der Waals surface area contributed by atoms with E-state index < -0.39 is 88.5 Å². The number of aliphatic hydroxyl groups is 6. The summed E-state index contributed by atoms with van der Waals surface area (Å²) in [5, 5.41) is 75.7. The summed E-state index contributed by atoms with van der Waals surface area (Å²) in [6.07, 6.45) is -7.67. The molecular weight excluding hydrogens is 652 g/mol. The molecule has 3 fully saturated rings. The van der Waals surface area contributed by atoms with Crippen molar-refractivity contribution < 1.29 is 64.3 Å². The van der Waals surface area contributed by atoms with Gasteiger partial charge < -0.3 is 50.0 Å². The molecule has 0 aromatic heterocycles. The highest BCUT2D eigenvalue weighted by molar-refractivity contribution is 5.94. The van der Waals surface area contributed by atoms with Crippen molar-refractivity contribution in [3.63, 3.8) is 0 Å². The lowest BCUT2D eigenvalue weighted by atomic mass is 9.41. The van der Waals surface area contributed by atoms with Gasteiger partial charge in [-0.15, -0.1) is 0 Å². The molecule has 2 saturated carbocycles.